The Labute approximate surface area is 203 Å². The Kier molecular flexibility index (Phi) is 6.21. The van der Waals surface area contributed by atoms with E-state index >= 15 is 0 Å². The van der Waals surface area contributed by atoms with Crippen LogP contribution in [0.4, 0.5) is 11.6 Å². The lowest BCUT2D eigenvalue weighted by molar-refractivity contribution is 0.0609. The zero-order valence-corrected chi connectivity index (χ0v) is 19.7. The molecular weight excluding hydrogens is 444 g/mol. The van der Waals surface area contributed by atoms with Crippen LogP contribution in [0.2, 0.25) is 0 Å². The number of fused-ring (bicyclic) bond motifs is 2. The third kappa shape index (κ3) is 4.48. The summed E-state index contributed by atoms with van der Waals surface area (Å²) in [7, 11) is 3.12. The number of nitrogens with zero attached hydrogens (tertiary/aromatic N) is 5. The first-order valence-electron chi connectivity index (χ1n) is 11.5. The van der Waals surface area contributed by atoms with E-state index in [-0.39, 0.29) is 11.9 Å². The van der Waals surface area contributed by atoms with Crippen molar-refractivity contribution < 1.29 is 14.3 Å². The van der Waals surface area contributed by atoms with E-state index in [1.54, 1.807) is 49.8 Å². The SMILES string of the molecule is COc1cc(-c2cnc(Nc3cc(C(=O)N4CCN5CCC4C5)ccc3OC)nc2)ccc1C#N. The van der Waals surface area contributed by atoms with Gasteiger partial charge in [-0.25, -0.2) is 9.97 Å². The zero-order chi connectivity index (χ0) is 24.4. The van der Waals surface area contributed by atoms with Gasteiger partial charge in [0.2, 0.25) is 5.95 Å². The van der Waals surface area contributed by atoms with Crippen molar-refractivity contribution in [2.45, 2.75) is 12.5 Å². The zero-order valence-electron chi connectivity index (χ0n) is 19.7. The smallest absolute Gasteiger partial charge is 0.254 e. The third-order valence-corrected chi connectivity index (χ3v) is 6.61. The molecule has 9 nitrogen and oxygen atoms in total. The van der Waals surface area contributed by atoms with Gasteiger partial charge in [-0.05, 0) is 42.3 Å². The van der Waals surface area contributed by atoms with Gasteiger partial charge < -0.3 is 19.7 Å². The number of piperazine rings is 1. The average molecular weight is 471 g/mol. The summed E-state index contributed by atoms with van der Waals surface area (Å²) in [6.45, 7) is 3.70. The number of carbonyl (C=O) groups is 1. The lowest BCUT2D eigenvalue weighted by Crippen LogP contribution is -2.49. The summed E-state index contributed by atoms with van der Waals surface area (Å²) >= 11 is 0. The highest BCUT2D eigenvalue weighted by molar-refractivity contribution is 5.96. The Morgan fingerprint density at radius 2 is 1.83 bits per heavy atom. The molecule has 0 saturated carbocycles. The average Bonchev–Trinajstić information content (AvgIpc) is 3.28. The number of rotatable bonds is 6. The summed E-state index contributed by atoms with van der Waals surface area (Å²) in [5, 5.41) is 12.4. The second-order valence-electron chi connectivity index (χ2n) is 8.60. The van der Waals surface area contributed by atoms with Crippen LogP contribution in [-0.2, 0) is 0 Å². The topological polar surface area (TPSA) is 104 Å². The molecule has 9 heteroatoms. The third-order valence-electron chi connectivity index (χ3n) is 6.61. The molecule has 1 N–H and O–H groups in total. The van der Waals surface area contributed by atoms with Crippen molar-refractivity contribution >= 4 is 17.5 Å². The Bertz CT molecular complexity index is 1290. The van der Waals surface area contributed by atoms with E-state index in [1.165, 1.54) is 7.11 Å². The molecule has 2 bridgehead atoms. The molecule has 0 aliphatic carbocycles. The second kappa shape index (κ2) is 9.60. The predicted octanol–water partition coefficient (Wildman–Crippen LogP) is 3.31. The predicted molar refractivity (Wildman–Crippen MR) is 131 cm³/mol. The molecule has 2 unspecified atom stereocenters. The number of nitrogens with one attached hydrogen (secondary N) is 1. The summed E-state index contributed by atoms with van der Waals surface area (Å²) in [4.78, 5) is 26.5. The lowest BCUT2D eigenvalue weighted by Gasteiger charge is -2.34. The minimum Gasteiger partial charge on any atom is -0.495 e. The van der Waals surface area contributed by atoms with E-state index in [0.717, 1.165) is 43.7 Å². The van der Waals surface area contributed by atoms with Crippen LogP contribution in [0.25, 0.3) is 11.1 Å². The maximum atomic E-state index is 13.3. The fourth-order valence-corrected chi connectivity index (χ4v) is 4.70. The maximum absolute atomic E-state index is 13.3. The van der Waals surface area contributed by atoms with Crippen molar-refractivity contribution in [3.8, 4) is 28.7 Å². The van der Waals surface area contributed by atoms with Gasteiger partial charge in [0.1, 0.15) is 17.6 Å². The van der Waals surface area contributed by atoms with Gasteiger partial charge >= 0.3 is 0 Å². The van der Waals surface area contributed by atoms with Crippen molar-refractivity contribution in [2.75, 3.05) is 45.7 Å². The van der Waals surface area contributed by atoms with E-state index in [2.05, 4.69) is 26.3 Å². The molecule has 2 fully saturated rings. The van der Waals surface area contributed by atoms with Gasteiger partial charge in [-0.2, -0.15) is 5.26 Å². The van der Waals surface area contributed by atoms with Crippen LogP contribution in [0.1, 0.15) is 22.3 Å². The molecule has 2 atom stereocenters. The van der Waals surface area contributed by atoms with Crippen LogP contribution in [0, 0.1) is 11.3 Å². The van der Waals surface area contributed by atoms with Crippen molar-refractivity contribution in [3.05, 3.63) is 59.9 Å². The summed E-state index contributed by atoms with van der Waals surface area (Å²) in [5.74, 6) is 1.50. The largest absolute Gasteiger partial charge is 0.495 e. The van der Waals surface area contributed by atoms with E-state index in [9.17, 15) is 10.1 Å². The molecule has 5 rings (SSSR count). The molecular formula is C26H26N6O3. The molecule has 2 aromatic carbocycles. The van der Waals surface area contributed by atoms with Gasteiger partial charge in [0, 0.05) is 55.7 Å². The van der Waals surface area contributed by atoms with E-state index in [0.29, 0.717) is 34.3 Å². The van der Waals surface area contributed by atoms with Crippen LogP contribution in [0.3, 0.4) is 0 Å². The number of hydrogen-bond acceptors (Lipinski definition) is 8. The fraction of sp³-hybridized carbons (Fsp3) is 0.308. The highest BCUT2D eigenvalue weighted by atomic mass is 16.5. The summed E-state index contributed by atoms with van der Waals surface area (Å²) in [6, 6.07) is 13.1. The molecule has 1 amide bonds. The van der Waals surface area contributed by atoms with Crippen molar-refractivity contribution in [2.24, 2.45) is 0 Å². The molecule has 2 saturated heterocycles. The van der Waals surface area contributed by atoms with Crippen molar-refractivity contribution in [3.63, 3.8) is 0 Å². The number of amides is 1. The molecule has 1 aromatic heterocycles. The number of carbonyl (C=O) groups excluding carboxylic acids is 1. The number of ether oxygens (including phenoxy) is 2. The van der Waals surface area contributed by atoms with Gasteiger partial charge in [0.15, 0.2) is 0 Å². The quantitative estimate of drug-likeness (QED) is 0.585. The van der Waals surface area contributed by atoms with E-state index in [1.807, 2.05) is 11.0 Å². The van der Waals surface area contributed by atoms with Gasteiger partial charge in [-0.15, -0.1) is 0 Å². The Balaban J connectivity index is 1.36. The summed E-state index contributed by atoms with van der Waals surface area (Å²) in [6.07, 6.45) is 4.41. The summed E-state index contributed by atoms with van der Waals surface area (Å²) in [5.41, 5.74) is 3.31. The van der Waals surface area contributed by atoms with Gasteiger partial charge in [-0.3, -0.25) is 9.69 Å². The highest BCUT2D eigenvalue weighted by Gasteiger charge is 2.35. The van der Waals surface area contributed by atoms with Crippen molar-refractivity contribution in [1.82, 2.24) is 19.8 Å². The number of benzene rings is 2. The van der Waals surface area contributed by atoms with Crippen LogP contribution >= 0.6 is 0 Å². The van der Waals surface area contributed by atoms with E-state index < -0.39 is 0 Å². The standard InChI is InChI=1S/C26H26N6O3/c1-34-23-6-5-18(25(33)32-10-9-31-8-7-21(32)16-31)11-22(23)30-26-28-14-20(15-29-26)17-3-4-19(13-27)24(12-17)35-2/h3-6,11-12,14-15,21H,7-10,16H2,1-2H3,(H,28,29,30). The highest BCUT2D eigenvalue weighted by Crippen LogP contribution is 2.31. The second-order valence-corrected chi connectivity index (χ2v) is 8.60. The first kappa shape index (κ1) is 22.6. The van der Waals surface area contributed by atoms with Crippen molar-refractivity contribution in [1.29, 1.82) is 5.26 Å². The number of methoxy groups -OCH3 is 2. The maximum Gasteiger partial charge on any atom is 0.254 e. The normalized spacial score (nSPS) is 18.6. The molecule has 3 aromatic rings. The Morgan fingerprint density at radius 3 is 2.57 bits per heavy atom. The first-order valence-corrected chi connectivity index (χ1v) is 11.5. The molecule has 2 aliphatic heterocycles. The van der Waals surface area contributed by atoms with Crippen LogP contribution < -0.4 is 14.8 Å². The van der Waals surface area contributed by atoms with Gasteiger partial charge in [0.25, 0.3) is 5.91 Å². The van der Waals surface area contributed by atoms with E-state index in [4.69, 9.17) is 9.47 Å². The molecule has 3 heterocycles. The summed E-state index contributed by atoms with van der Waals surface area (Å²) < 4.78 is 10.8. The molecule has 178 valence electrons. The minimum atomic E-state index is 0.0354. The monoisotopic (exact) mass is 470 g/mol. The number of hydrogen-bond donors (Lipinski definition) is 1. The number of anilines is 2. The van der Waals surface area contributed by atoms with Crippen LogP contribution in [-0.4, -0.2) is 72.1 Å². The fourth-order valence-electron chi connectivity index (χ4n) is 4.70. The lowest BCUT2D eigenvalue weighted by atomic mass is 10.1. The molecule has 2 aliphatic rings. The van der Waals surface area contributed by atoms with Crippen LogP contribution in [0.15, 0.2) is 48.8 Å². The van der Waals surface area contributed by atoms with Gasteiger partial charge in [0.05, 0.1) is 25.5 Å². The Morgan fingerprint density at radius 1 is 1.03 bits per heavy atom. The van der Waals surface area contributed by atoms with Crippen LogP contribution in [0.5, 0.6) is 11.5 Å². The molecule has 35 heavy (non-hydrogen) atoms. The minimum absolute atomic E-state index is 0.0354. The number of aromatic nitrogens is 2. The molecule has 0 spiro atoms. The number of nitriles is 1. The molecule has 0 radical (unpaired) electrons. The first-order chi connectivity index (χ1) is 17.1. The van der Waals surface area contributed by atoms with Gasteiger partial charge in [-0.1, -0.05) is 6.07 Å². The Hall–Kier alpha value is -4.16.